The van der Waals surface area contributed by atoms with E-state index in [1.54, 1.807) is 13.1 Å². The number of hydrogen-bond acceptors (Lipinski definition) is 5. The second kappa shape index (κ2) is 6.41. The molecule has 1 aliphatic heterocycles. The van der Waals surface area contributed by atoms with Gasteiger partial charge < -0.3 is 9.84 Å². The molecule has 2 atom stereocenters. The number of rotatable bonds is 4. The van der Waals surface area contributed by atoms with Crippen LogP contribution in [0.4, 0.5) is 0 Å². The highest BCUT2D eigenvalue weighted by Crippen LogP contribution is 2.21. The Kier molecular flexibility index (Phi) is 4.85. The van der Waals surface area contributed by atoms with Crippen molar-refractivity contribution in [3.05, 3.63) is 23.3 Å². The van der Waals surface area contributed by atoms with Crippen LogP contribution in [0.15, 0.2) is 6.20 Å². The smallest absolute Gasteiger partial charge is 0.158 e. The van der Waals surface area contributed by atoms with Gasteiger partial charge in [-0.05, 0) is 26.8 Å². The average molecular weight is 265 g/mol. The summed E-state index contributed by atoms with van der Waals surface area (Å²) in [6, 6.07) is 0. The summed E-state index contributed by atoms with van der Waals surface area (Å²) in [5.74, 6) is 0.725. The van der Waals surface area contributed by atoms with Crippen LogP contribution in [-0.2, 0) is 4.74 Å². The van der Waals surface area contributed by atoms with Crippen molar-refractivity contribution < 1.29 is 9.84 Å². The van der Waals surface area contributed by atoms with Crippen LogP contribution in [0.1, 0.15) is 49.6 Å². The summed E-state index contributed by atoms with van der Waals surface area (Å²) in [4.78, 5) is 11.2. The normalized spacial score (nSPS) is 22.4. The van der Waals surface area contributed by atoms with Gasteiger partial charge in [-0.2, -0.15) is 0 Å². The number of morpholine rings is 1. The minimum atomic E-state index is -0.530. The molecule has 1 aromatic heterocycles. The summed E-state index contributed by atoms with van der Waals surface area (Å²) >= 11 is 0. The van der Waals surface area contributed by atoms with Crippen molar-refractivity contribution in [2.75, 3.05) is 26.2 Å². The molecule has 1 fully saturated rings. The topological polar surface area (TPSA) is 58.5 Å². The maximum atomic E-state index is 9.60. The van der Waals surface area contributed by atoms with E-state index in [-0.39, 0.29) is 6.10 Å². The van der Waals surface area contributed by atoms with Gasteiger partial charge in [-0.3, -0.25) is 4.90 Å². The lowest BCUT2D eigenvalue weighted by atomic mass is 10.1. The maximum absolute atomic E-state index is 9.60. The third-order valence-corrected chi connectivity index (χ3v) is 3.46. The van der Waals surface area contributed by atoms with E-state index >= 15 is 0 Å². The summed E-state index contributed by atoms with van der Waals surface area (Å²) in [6.45, 7) is 9.46. The van der Waals surface area contributed by atoms with E-state index in [0.29, 0.717) is 0 Å². The molecule has 0 amide bonds. The number of ether oxygens (including phenoxy) is 1. The van der Waals surface area contributed by atoms with E-state index in [9.17, 15) is 5.11 Å². The summed E-state index contributed by atoms with van der Waals surface area (Å²) in [5.41, 5.74) is 1.61. The molecule has 2 heterocycles. The maximum Gasteiger partial charge on any atom is 0.158 e. The number of aliphatic hydroxyl groups excluding tert-OH is 1. The fourth-order valence-electron chi connectivity index (χ4n) is 2.44. The first-order valence-electron chi connectivity index (χ1n) is 6.97. The molecule has 0 aliphatic carbocycles. The number of hydrogen-bond donors (Lipinski definition) is 1. The molecule has 0 radical (unpaired) electrons. The molecule has 1 aliphatic rings. The molecule has 0 spiro atoms. The largest absolute Gasteiger partial charge is 0.389 e. The highest BCUT2D eigenvalue weighted by Gasteiger charge is 2.24. The number of aliphatic hydroxyl groups is 1. The molecule has 1 saturated heterocycles. The minimum Gasteiger partial charge on any atom is -0.389 e. The predicted molar refractivity (Wildman–Crippen MR) is 72.8 cm³/mol. The molecule has 106 valence electrons. The van der Waals surface area contributed by atoms with Gasteiger partial charge in [0.1, 0.15) is 6.10 Å². The van der Waals surface area contributed by atoms with Crippen LogP contribution < -0.4 is 0 Å². The van der Waals surface area contributed by atoms with Crippen molar-refractivity contribution in [3.63, 3.8) is 0 Å². The van der Waals surface area contributed by atoms with Gasteiger partial charge in [0.15, 0.2) is 5.82 Å². The summed E-state index contributed by atoms with van der Waals surface area (Å²) in [6.07, 6.45) is 2.28. The zero-order chi connectivity index (χ0) is 13.8. The Labute approximate surface area is 114 Å². The van der Waals surface area contributed by atoms with Gasteiger partial charge in [-0.1, -0.05) is 6.92 Å². The van der Waals surface area contributed by atoms with Crippen molar-refractivity contribution in [1.82, 2.24) is 14.9 Å². The second-order valence-corrected chi connectivity index (χ2v) is 5.10. The van der Waals surface area contributed by atoms with E-state index < -0.39 is 6.10 Å². The molecule has 19 heavy (non-hydrogen) atoms. The van der Waals surface area contributed by atoms with Crippen LogP contribution >= 0.6 is 0 Å². The molecule has 0 aromatic carbocycles. The fraction of sp³-hybridized carbons (Fsp3) is 0.714. The van der Waals surface area contributed by atoms with Crippen molar-refractivity contribution in [1.29, 1.82) is 0 Å². The van der Waals surface area contributed by atoms with Gasteiger partial charge in [-0.25, -0.2) is 9.97 Å². The number of aromatic nitrogens is 2. The monoisotopic (exact) mass is 265 g/mol. The Morgan fingerprint density at radius 3 is 3.00 bits per heavy atom. The molecule has 5 heteroatoms. The SMILES string of the molecule is CCCN1CCOC(c2ncc(C(C)O)c(C)n2)C1. The molecular weight excluding hydrogens is 242 g/mol. The van der Waals surface area contributed by atoms with Crippen LogP contribution in [0.3, 0.4) is 0 Å². The van der Waals surface area contributed by atoms with Crippen molar-refractivity contribution >= 4 is 0 Å². The third kappa shape index (κ3) is 3.49. The van der Waals surface area contributed by atoms with Crippen molar-refractivity contribution in [3.8, 4) is 0 Å². The third-order valence-electron chi connectivity index (χ3n) is 3.46. The minimum absolute atomic E-state index is 0.0537. The van der Waals surface area contributed by atoms with Gasteiger partial charge in [0.25, 0.3) is 0 Å². The summed E-state index contributed by atoms with van der Waals surface area (Å²) in [7, 11) is 0. The average Bonchev–Trinajstić information content (AvgIpc) is 2.39. The Morgan fingerprint density at radius 1 is 1.58 bits per heavy atom. The van der Waals surface area contributed by atoms with E-state index in [1.165, 1.54) is 0 Å². The van der Waals surface area contributed by atoms with Gasteiger partial charge >= 0.3 is 0 Å². The first-order valence-corrected chi connectivity index (χ1v) is 6.97. The van der Waals surface area contributed by atoms with E-state index in [4.69, 9.17) is 4.74 Å². The Bertz CT molecular complexity index is 421. The molecule has 2 rings (SSSR count). The lowest BCUT2D eigenvalue weighted by Crippen LogP contribution is -2.39. The van der Waals surface area contributed by atoms with Crippen LogP contribution in [0.25, 0.3) is 0 Å². The van der Waals surface area contributed by atoms with Crippen molar-refractivity contribution in [2.24, 2.45) is 0 Å². The molecule has 1 aromatic rings. The van der Waals surface area contributed by atoms with Gasteiger partial charge in [0, 0.05) is 30.5 Å². The molecule has 0 saturated carbocycles. The van der Waals surface area contributed by atoms with Crippen molar-refractivity contribution in [2.45, 2.75) is 39.4 Å². The Balaban J connectivity index is 2.11. The van der Waals surface area contributed by atoms with Gasteiger partial charge in [-0.15, -0.1) is 0 Å². The predicted octanol–water partition coefficient (Wildman–Crippen LogP) is 1.62. The zero-order valence-electron chi connectivity index (χ0n) is 12.0. The summed E-state index contributed by atoms with van der Waals surface area (Å²) in [5, 5.41) is 9.60. The second-order valence-electron chi connectivity index (χ2n) is 5.10. The van der Waals surface area contributed by atoms with Crippen LogP contribution in [0.2, 0.25) is 0 Å². The molecule has 0 bridgehead atoms. The van der Waals surface area contributed by atoms with Crippen LogP contribution in [0, 0.1) is 6.92 Å². The standard InChI is InChI=1S/C14H23N3O2/c1-4-5-17-6-7-19-13(9-17)14-15-8-12(11(3)18)10(2)16-14/h8,11,13,18H,4-7,9H2,1-3H3. The molecule has 5 nitrogen and oxygen atoms in total. The fourth-order valence-corrected chi connectivity index (χ4v) is 2.44. The number of aryl methyl sites for hydroxylation is 1. The van der Waals surface area contributed by atoms with E-state index in [2.05, 4.69) is 21.8 Å². The quantitative estimate of drug-likeness (QED) is 0.896. The highest BCUT2D eigenvalue weighted by molar-refractivity contribution is 5.19. The summed E-state index contributed by atoms with van der Waals surface area (Å²) < 4.78 is 5.77. The van der Waals surface area contributed by atoms with Gasteiger partial charge in [0.2, 0.25) is 0 Å². The lowest BCUT2D eigenvalue weighted by molar-refractivity contribution is -0.0343. The first-order chi connectivity index (χ1) is 9.11. The van der Waals surface area contributed by atoms with Crippen LogP contribution in [0.5, 0.6) is 0 Å². The van der Waals surface area contributed by atoms with Gasteiger partial charge in [0.05, 0.1) is 12.7 Å². The Morgan fingerprint density at radius 2 is 2.37 bits per heavy atom. The lowest BCUT2D eigenvalue weighted by Gasteiger charge is -2.32. The molecule has 1 N–H and O–H groups in total. The first kappa shape index (κ1) is 14.4. The van der Waals surface area contributed by atoms with E-state index in [0.717, 1.165) is 49.7 Å². The molecular formula is C14H23N3O2. The van der Waals surface area contributed by atoms with E-state index in [1.807, 2.05) is 6.92 Å². The van der Waals surface area contributed by atoms with Crippen LogP contribution in [-0.4, -0.2) is 46.2 Å². The Hall–Kier alpha value is -1.04. The highest BCUT2D eigenvalue weighted by atomic mass is 16.5. The zero-order valence-corrected chi connectivity index (χ0v) is 12.0. The molecule has 2 unspecified atom stereocenters. The number of nitrogens with zero attached hydrogens (tertiary/aromatic N) is 3.